The first-order chi connectivity index (χ1) is 7.74. The molecule has 1 saturated heterocycles. The van der Waals surface area contributed by atoms with Crippen LogP contribution < -0.4 is 5.32 Å². The van der Waals surface area contributed by atoms with Crippen molar-refractivity contribution in [1.29, 1.82) is 0 Å². The highest BCUT2D eigenvalue weighted by Crippen LogP contribution is 2.05. The Balaban J connectivity index is 1.97. The van der Waals surface area contributed by atoms with Crippen LogP contribution in [0.1, 0.15) is 13.3 Å². The maximum Gasteiger partial charge on any atom is 0.0474 e. The Kier molecular flexibility index (Phi) is 6.96. The van der Waals surface area contributed by atoms with Gasteiger partial charge in [0.2, 0.25) is 0 Å². The number of methoxy groups -OCH3 is 1. The molecule has 1 rings (SSSR count). The summed E-state index contributed by atoms with van der Waals surface area (Å²) < 4.78 is 5.01. The van der Waals surface area contributed by atoms with Gasteiger partial charge in [0.1, 0.15) is 0 Å². The van der Waals surface area contributed by atoms with E-state index < -0.39 is 0 Å². The first kappa shape index (κ1) is 13.9. The summed E-state index contributed by atoms with van der Waals surface area (Å²) in [5.41, 5.74) is 0. The maximum atomic E-state index is 5.01. The average Bonchev–Trinajstić information content (AvgIpc) is 2.28. The van der Waals surface area contributed by atoms with Crippen LogP contribution in [0.2, 0.25) is 0 Å². The smallest absolute Gasteiger partial charge is 0.0474 e. The van der Waals surface area contributed by atoms with Crippen molar-refractivity contribution in [2.75, 3.05) is 60.0 Å². The average molecular weight is 229 g/mol. The van der Waals surface area contributed by atoms with Crippen LogP contribution in [0.15, 0.2) is 0 Å². The minimum atomic E-state index is 0.697. The Bertz CT molecular complexity index is 178. The zero-order chi connectivity index (χ0) is 11.8. The van der Waals surface area contributed by atoms with Crippen molar-refractivity contribution < 1.29 is 4.74 Å². The zero-order valence-electron chi connectivity index (χ0n) is 11.0. The molecule has 0 aliphatic carbocycles. The van der Waals surface area contributed by atoms with Gasteiger partial charge in [0.05, 0.1) is 0 Å². The highest BCUT2D eigenvalue weighted by Gasteiger charge is 2.19. The van der Waals surface area contributed by atoms with Crippen LogP contribution in [0, 0.1) is 0 Å². The van der Waals surface area contributed by atoms with E-state index in [-0.39, 0.29) is 0 Å². The monoisotopic (exact) mass is 229 g/mol. The Morgan fingerprint density at radius 3 is 2.81 bits per heavy atom. The van der Waals surface area contributed by atoms with Gasteiger partial charge in [0, 0.05) is 52.5 Å². The Morgan fingerprint density at radius 2 is 2.12 bits per heavy atom. The largest absolute Gasteiger partial charge is 0.385 e. The van der Waals surface area contributed by atoms with Gasteiger partial charge in [-0.1, -0.05) is 0 Å². The second-order valence-electron chi connectivity index (χ2n) is 4.73. The summed E-state index contributed by atoms with van der Waals surface area (Å²) in [6, 6.07) is 0.697. The standard InChI is InChI=1S/C12H27N3O/c1-12-11-15(9-8-14(12)2)7-6-13-5-4-10-16-3/h12-13H,4-11H2,1-3H3. The van der Waals surface area contributed by atoms with Gasteiger partial charge in [0.15, 0.2) is 0 Å². The van der Waals surface area contributed by atoms with E-state index >= 15 is 0 Å². The lowest BCUT2D eigenvalue weighted by molar-refractivity contribution is 0.106. The molecule has 1 heterocycles. The maximum absolute atomic E-state index is 5.01. The minimum Gasteiger partial charge on any atom is -0.385 e. The summed E-state index contributed by atoms with van der Waals surface area (Å²) in [5.74, 6) is 0. The van der Waals surface area contributed by atoms with Crippen molar-refractivity contribution in [3.8, 4) is 0 Å². The molecule has 0 bridgehead atoms. The van der Waals surface area contributed by atoms with Crippen LogP contribution in [0.3, 0.4) is 0 Å². The highest BCUT2D eigenvalue weighted by atomic mass is 16.5. The normalized spacial score (nSPS) is 23.8. The van der Waals surface area contributed by atoms with E-state index in [0.717, 1.165) is 26.1 Å². The number of nitrogens with one attached hydrogen (secondary N) is 1. The van der Waals surface area contributed by atoms with Crippen molar-refractivity contribution in [3.63, 3.8) is 0 Å². The second-order valence-corrected chi connectivity index (χ2v) is 4.73. The van der Waals surface area contributed by atoms with Crippen LogP contribution in [0.25, 0.3) is 0 Å². The van der Waals surface area contributed by atoms with E-state index in [2.05, 4.69) is 29.1 Å². The molecular formula is C12H27N3O. The predicted octanol–water partition coefficient (Wildman–Crippen LogP) is 0.248. The van der Waals surface area contributed by atoms with E-state index in [4.69, 9.17) is 4.74 Å². The third-order valence-corrected chi connectivity index (χ3v) is 3.35. The molecule has 0 aromatic carbocycles. The molecule has 1 fully saturated rings. The molecule has 0 radical (unpaired) electrons. The molecule has 1 atom stereocenters. The number of hydrogen-bond acceptors (Lipinski definition) is 4. The van der Waals surface area contributed by atoms with Gasteiger partial charge in [-0.25, -0.2) is 0 Å². The Labute approximate surface area is 99.9 Å². The van der Waals surface area contributed by atoms with Crippen molar-refractivity contribution in [2.24, 2.45) is 0 Å². The topological polar surface area (TPSA) is 27.7 Å². The van der Waals surface area contributed by atoms with E-state index in [1.54, 1.807) is 7.11 Å². The molecule has 1 aliphatic heterocycles. The second kappa shape index (κ2) is 8.01. The first-order valence-corrected chi connectivity index (χ1v) is 6.36. The number of ether oxygens (including phenoxy) is 1. The molecule has 4 nitrogen and oxygen atoms in total. The molecule has 0 spiro atoms. The summed E-state index contributed by atoms with van der Waals surface area (Å²) in [6.07, 6.45) is 1.11. The third kappa shape index (κ3) is 5.25. The molecule has 1 aliphatic rings. The number of hydrogen-bond donors (Lipinski definition) is 1. The van der Waals surface area contributed by atoms with Gasteiger partial charge >= 0.3 is 0 Å². The molecule has 0 aromatic heterocycles. The zero-order valence-corrected chi connectivity index (χ0v) is 11.0. The van der Waals surface area contributed by atoms with Crippen molar-refractivity contribution in [3.05, 3.63) is 0 Å². The number of rotatable bonds is 7. The van der Waals surface area contributed by atoms with E-state index in [0.29, 0.717) is 6.04 Å². The highest BCUT2D eigenvalue weighted by molar-refractivity contribution is 4.76. The molecule has 16 heavy (non-hydrogen) atoms. The predicted molar refractivity (Wildman–Crippen MR) is 67.9 cm³/mol. The summed E-state index contributed by atoms with van der Waals surface area (Å²) in [4.78, 5) is 4.98. The van der Waals surface area contributed by atoms with Crippen LogP contribution >= 0.6 is 0 Å². The van der Waals surface area contributed by atoms with Gasteiger partial charge in [0.25, 0.3) is 0 Å². The molecule has 1 unspecified atom stereocenters. The van der Waals surface area contributed by atoms with Gasteiger partial charge in [-0.15, -0.1) is 0 Å². The van der Waals surface area contributed by atoms with Crippen LogP contribution in [-0.2, 0) is 4.74 Å². The third-order valence-electron chi connectivity index (χ3n) is 3.35. The van der Waals surface area contributed by atoms with Gasteiger partial charge in [-0.05, 0) is 26.9 Å². The molecule has 96 valence electrons. The number of nitrogens with zero attached hydrogens (tertiary/aromatic N) is 2. The molecule has 0 amide bonds. The summed E-state index contributed by atoms with van der Waals surface area (Å²) >= 11 is 0. The quantitative estimate of drug-likeness (QED) is 0.633. The minimum absolute atomic E-state index is 0.697. The van der Waals surface area contributed by atoms with E-state index in [1.165, 1.54) is 26.2 Å². The van der Waals surface area contributed by atoms with Gasteiger partial charge in [-0.3, -0.25) is 4.90 Å². The Morgan fingerprint density at radius 1 is 1.31 bits per heavy atom. The SMILES string of the molecule is COCCCNCCN1CCN(C)C(C)C1. The molecule has 0 aromatic rings. The van der Waals surface area contributed by atoms with Crippen LogP contribution in [0.5, 0.6) is 0 Å². The number of piperazine rings is 1. The van der Waals surface area contributed by atoms with Crippen molar-refractivity contribution >= 4 is 0 Å². The Hall–Kier alpha value is -0.160. The van der Waals surface area contributed by atoms with Crippen LogP contribution in [-0.4, -0.2) is 75.9 Å². The molecule has 0 saturated carbocycles. The molecule has 4 heteroatoms. The van der Waals surface area contributed by atoms with Gasteiger partial charge in [-0.2, -0.15) is 0 Å². The van der Waals surface area contributed by atoms with E-state index in [9.17, 15) is 0 Å². The fourth-order valence-electron chi connectivity index (χ4n) is 2.03. The first-order valence-electron chi connectivity index (χ1n) is 6.36. The van der Waals surface area contributed by atoms with E-state index in [1.807, 2.05) is 0 Å². The number of likely N-dealkylation sites (N-methyl/N-ethyl adjacent to an activating group) is 1. The lowest BCUT2D eigenvalue weighted by Crippen LogP contribution is -2.51. The van der Waals surface area contributed by atoms with Crippen molar-refractivity contribution in [1.82, 2.24) is 15.1 Å². The fourth-order valence-corrected chi connectivity index (χ4v) is 2.03. The van der Waals surface area contributed by atoms with Gasteiger partial charge < -0.3 is 15.0 Å². The fraction of sp³-hybridized carbons (Fsp3) is 1.00. The molecular weight excluding hydrogens is 202 g/mol. The molecule has 1 N–H and O–H groups in total. The lowest BCUT2D eigenvalue weighted by Gasteiger charge is -2.37. The summed E-state index contributed by atoms with van der Waals surface area (Å²) in [7, 11) is 3.97. The lowest BCUT2D eigenvalue weighted by atomic mass is 10.2. The summed E-state index contributed by atoms with van der Waals surface area (Å²) in [6.45, 7) is 10.1. The summed E-state index contributed by atoms with van der Waals surface area (Å²) in [5, 5.41) is 3.46. The van der Waals surface area contributed by atoms with Crippen molar-refractivity contribution in [2.45, 2.75) is 19.4 Å². The van der Waals surface area contributed by atoms with Crippen LogP contribution in [0.4, 0.5) is 0 Å².